The molecule has 0 saturated heterocycles. The lowest BCUT2D eigenvalue weighted by Crippen LogP contribution is -2.11. The maximum Gasteiger partial charge on any atom is -0.00816 e. The van der Waals surface area contributed by atoms with Gasteiger partial charge in [-0.1, -0.05) is 53.1 Å². The van der Waals surface area contributed by atoms with Gasteiger partial charge in [0.15, 0.2) is 0 Å². The van der Waals surface area contributed by atoms with Crippen LogP contribution in [-0.4, -0.2) is 0 Å². The summed E-state index contributed by atoms with van der Waals surface area (Å²) < 4.78 is 0. The van der Waals surface area contributed by atoms with E-state index < -0.39 is 0 Å². The first-order valence-electron chi connectivity index (χ1n) is 12.3. The highest BCUT2D eigenvalue weighted by Gasteiger charge is 2.40. The van der Waals surface area contributed by atoms with Gasteiger partial charge >= 0.3 is 0 Å². The largest absolute Gasteiger partial charge is 0.0561 e. The third-order valence-electron chi connectivity index (χ3n) is 7.93. The fraction of sp³-hybridized carbons (Fsp3) is 0.438. The SMILES string of the molecule is Cc1cc(C)c(C2CC(c3c(C)cc(C)cc3C)C(c3c(C)cc(C)cc3C)C2)c(C)c1. The highest BCUT2D eigenvalue weighted by Crippen LogP contribution is 2.55. The van der Waals surface area contributed by atoms with E-state index in [9.17, 15) is 0 Å². The van der Waals surface area contributed by atoms with E-state index in [4.69, 9.17) is 0 Å². The minimum Gasteiger partial charge on any atom is -0.0561 e. The second-order valence-corrected chi connectivity index (χ2v) is 10.8. The van der Waals surface area contributed by atoms with E-state index in [0.29, 0.717) is 17.8 Å². The molecule has 0 bridgehead atoms. The van der Waals surface area contributed by atoms with E-state index in [1.54, 1.807) is 16.7 Å². The van der Waals surface area contributed by atoms with Crippen molar-refractivity contribution in [3.8, 4) is 0 Å². The zero-order valence-electron chi connectivity index (χ0n) is 21.6. The number of aryl methyl sites for hydroxylation is 9. The summed E-state index contributed by atoms with van der Waals surface area (Å²) in [5.74, 6) is 1.76. The van der Waals surface area contributed by atoms with Crippen LogP contribution in [0.2, 0.25) is 0 Å². The van der Waals surface area contributed by atoms with Gasteiger partial charge in [-0.15, -0.1) is 0 Å². The maximum absolute atomic E-state index is 2.39. The lowest BCUT2D eigenvalue weighted by Gasteiger charge is -2.27. The van der Waals surface area contributed by atoms with Gasteiger partial charge in [0.2, 0.25) is 0 Å². The molecule has 1 aliphatic rings. The Labute approximate surface area is 196 Å². The van der Waals surface area contributed by atoms with Crippen molar-refractivity contribution in [2.45, 2.75) is 92.9 Å². The van der Waals surface area contributed by atoms with Crippen molar-refractivity contribution < 1.29 is 0 Å². The standard InChI is InChI=1S/C32H40/c1-18-10-21(4)30(22(5)11-18)27-16-28(31-23(6)12-19(2)13-24(31)7)29(17-27)32-25(8)14-20(3)15-26(32)9/h10-15,27-29H,16-17H2,1-9H3. The normalized spacial score (nSPS) is 20.7. The van der Waals surface area contributed by atoms with E-state index in [0.717, 1.165) is 0 Å². The van der Waals surface area contributed by atoms with Crippen molar-refractivity contribution in [2.24, 2.45) is 0 Å². The van der Waals surface area contributed by atoms with Crippen molar-refractivity contribution in [3.63, 3.8) is 0 Å². The Morgan fingerprint density at radius 1 is 0.406 bits per heavy atom. The molecule has 168 valence electrons. The van der Waals surface area contributed by atoms with Crippen LogP contribution in [0.4, 0.5) is 0 Å². The van der Waals surface area contributed by atoms with Crippen LogP contribution in [0.5, 0.6) is 0 Å². The van der Waals surface area contributed by atoms with Crippen LogP contribution in [-0.2, 0) is 0 Å². The monoisotopic (exact) mass is 424 g/mol. The first-order valence-corrected chi connectivity index (χ1v) is 12.3. The summed E-state index contributed by atoms with van der Waals surface area (Å²) in [5.41, 5.74) is 17.8. The maximum atomic E-state index is 2.39. The summed E-state index contributed by atoms with van der Waals surface area (Å²) in [5, 5.41) is 0. The van der Waals surface area contributed by atoms with Gasteiger partial charge in [-0.3, -0.25) is 0 Å². The second kappa shape index (κ2) is 8.54. The average molecular weight is 425 g/mol. The summed E-state index contributed by atoms with van der Waals surface area (Å²) >= 11 is 0. The van der Waals surface area contributed by atoms with Gasteiger partial charge < -0.3 is 0 Å². The Morgan fingerprint density at radius 2 is 0.656 bits per heavy atom. The van der Waals surface area contributed by atoms with Gasteiger partial charge in [0.05, 0.1) is 0 Å². The van der Waals surface area contributed by atoms with Crippen LogP contribution < -0.4 is 0 Å². The Balaban J connectivity index is 1.89. The van der Waals surface area contributed by atoms with E-state index in [1.165, 1.54) is 62.9 Å². The molecule has 0 radical (unpaired) electrons. The molecule has 0 heteroatoms. The van der Waals surface area contributed by atoms with E-state index in [2.05, 4.69) is 98.7 Å². The van der Waals surface area contributed by atoms with E-state index in [1.807, 2.05) is 0 Å². The van der Waals surface area contributed by atoms with Crippen LogP contribution in [0, 0.1) is 62.3 Å². The van der Waals surface area contributed by atoms with Crippen LogP contribution in [0.15, 0.2) is 36.4 Å². The molecule has 3 aromatic carbocycles. The summed E-state index contributed by atoms with van der Waals surface area (Å²) in [6, 6.07) is 14.3. The predicted octanol–water partition coefficient (Wildman–Crippen LogP) is 8.91. The topological polar surface area (TPSA) is 0 Å². The van der Waals surface area contributed by atoms with Gasteiger partial charge in [0.1, 0.15) is 0 Å². The first-order chi connectivity index (χ1) is 15.1. The molecule has 32 heavy (non-hydrogen) atoms. The van der Waals surface area contributed by atoms with Gasteiger partial charge in [-0.2, -0.15) is 0 Å². The van der Waals surface area contributed by atoms with Crippen molar-refractivity contribution in [1.82, 2.24) is 0 Å². The molecule has 0 heterocycles. The van der Waals surface area contributed by atoms with Gasteiger partial charge in [-0.25, -0.2) is 0 Å². The number of hydrogen-bond donors (Lipinski definition) is 0. The van der Waals surface area contributed by atoms with Crippen molar-refractivity contribution >= 4 is 0 Å². The fourth-order valence-corrected chi connectivity index (χ4v) is 7.30. The molecule has 1 fully saturated rings. The third kappa shape index (κ3) is 4.05. The molecule has 0 amide bonds. The van der Waals surface area contributed by atoms with Crippen LogP contribution in [0.3, 0.4) is 0 Å². The van der Waals surface area contributed by atoms with Crippen molar-refractivity contribution in [2.75, 3.05) is 0 Å². The lowest BCUT2D eigenvalue weighted by atomic mass is 9.77. The molecule has 3 aromatic rings. The third-order valence-corrected chi connectivity index (χ3v) is 7.93. The number of benzene rings is 3. The molecule has 1 saturated carbocycles. The Bertz CT molecular complexity index is 1040. The number of hydrogen-bond acceptors (Lipinski definition) is 0. The summed E-state index contributed by atoms with van der Waals surface area (Å²) in [7, 11) is 0. The summed E-state index contributed by atoms with van der Waals surface area (Å²) in [6.45, 7) is 20.6. The van der Waals surface area contributed by atoms with Gasteiger partial charge in [0, 0.05) is 0 Å². The molecule has 0 N–H and O–H groups in total. The molecule has 0 aromatic heterocycles. The minimum absolute atomic E-state index is 0.570. The minimum atomic E-state index is 0.570. The molecule has 1 aliphatic carbocycles. The Kier molecular flexibility index (Phi) is 6.10. The first kappa shape index (κ1) is 22.8. The van der Waals surface area contributed by atoms with E-state index >= 15 is 0 Å². The molecule has 0 spiro atoms. The molecular weight excluding hydrogens is 384 g/mol. The van der Waals surface area contributed by atoms with Crippen molar-refractivity contribution in [1.29, 1.82) is 0 Å². The summed E-state index contributed by atoms with van der Waals surface area (Å²) in [4.78, 5) is 0. The molecular formula is C32H40. The van der Waals surface area contributed by atoms with Crippen LogP contribution in [0.25, 0.3) is 0 Å². The highest BCUT2D eigenvalue weighted by atomic mass is 14.4. The van der Waals surface area contributed by atoms with Crippen molar-refractivity contribution in [3.05, 3.63) is 103 Å². The van der Waals surface area contributed by atoms with E-state index in [-0.39, 0.29) is 0 Å². The molecule has 0 aliphatic heterocycles. The average Bonchev–Trinajstić information content (AvgIpc) is 3.03. The van der Waals surface area contributed by atoms with Gasteiger partial charge in [0.25, 0.3) is 0 Å². The quantitative estimate of drug-likeness (QED) is 0.394. The van der Waals surface area contributed by atoms with Crippen LogP contribution >= 0.6 is 0 Å². The van der Waals surface area contributed by atoms with Crippen LogP contribution in [0.1, 0.15) is 97.4 Å². The fourth-order valence-electron chi connectivity index (χ4n) is 7.30. The second-order valence-electron chi connectivity index (χ2n) is 10.8. The Hall–Kier alpha value is -2.34. The van der Waals surface area contributed by atoms with Gasteiger partial charge in [-0.05, 0) is 143 Å². The Morgan fingerprint density at radius 3 is 0.938 bits per heavy atom. The molecule has 2 unspecified atom stereocenters. The summed E-state index contributed by atoms with van der Waals surface area (Å²) in [6.07, 6.45) is 2.49. The smallest absolute Gasteiger partial charge is 0.00816 e. The zero-order chi connectivity index (χ0) is 23.3. The highest BCUT2D eigenvalue weighted by molar-refractivity contribution is 5.49. The molecule has 4 rings (SSSR count). The lowest BCUT2D eigenvalue weighted by molar-refractivity contribution is 0.611. The number of rotatable bonds is 3. The molecule has 0 nitrogen and oxygen atoms in total. The molecule has 2 atom stereocenters. The predicted molar refractivity (Wildman–Crippen MR) is 139 cm³/mol. The zero-order valence-corrected chi connectivity index (χ0v) is 21.6.